The van der Waals surface area contributed by atoms with Crippen molar-refractivity contribution in [1.82, 2.24) is 15.7 Å². The number of rotatable bonds is 9. The maximum Gasteiger partial charge on any atom is 0.274 e. The zero-order valence-electron chi connectivity index (χ0n) is 20.2. The van der Waals surface area contributed by atoms with Crippen LogP contribution in [0.1, 0.15) is 46.8 Å². The van der Waals surface area contributed by atoms with Crippen molar-refractivity contribution in [2.75, 3.05) is 26.2 Å². The van der Waals surface area contributed by atoms with E-state index in [-0.39, 0.29) is 30.9 Å². The van der Waals surface area contributed by atoms with Gasteiger partial charge in [0.1, 0.15) is 0 Å². The molecule has 8 nitrogen and oxygen atoms in total. The molecule has 3 amide bonds. The van der Waals surface area contributed by atoms with Crippen LogP contribution < -0.4 is 16.5 Å². The maximum absolute atomic E-state index is 13.4. The smallest absolute Gasteiger partial charge is 0.274 e. The second kappa shape index (κ2) is 12.2. The van der Waals surface area contributed by atoms with Crippen LogP contribution in [0.2, 0.25) is 5.02 Å². The van der Waals surface area contributed by atoms with E-state index in [1.165, 1.54) is 0 Å². The van der Waals surface area contributed by atoms with Crippen LogP contribution in [0.4, 0.5) is 0 Å². The van der Waals surface area contributed by atoms with Crippen molar-refractivity contribution < 1.29 is 19.2 Å². The lowest BCUT2D eigenvalue weighted by molar-refractivity contribution is -0.145. The highest BCUT2D eigenvalue weighted by Crippen LogP contribution is 2.32. The molecule has 9 heteroatoms. The minimum absolute atomic E-state index is 0.0171. The minimum Gasteiger partial charge on any atom is -0.351 e. The lowest BCUT2D eigenvalue weighted by Gasteiger charge is -2.40. The number of nitrogens with zero attached hydrogens (tertiary/aromatic N) is 1. The maximum atomic E-state index is 13.4. The van der Waals surface area contributed by atoms with Gasteiger partial charge in [0.2, 0.25) is 11.8 Å². The SMILES string of the molecule is CCc1ccc(C(=O)NOCC2(C(=O)NCc3cccc(Cl)c3C)CCN(C(=O)CN)CC2)cc1. The van der Waals surface area contributed by atoms with Crippen LogP contribution in [0.5, 0.6) is 0 Å². The van der Waals surface area contributed by atoms with Gasteiger partial charge >= 0.3 is 0 Å². The molecular formula is C26H33ClN4O4. The monoisotopic (exact) mass is 500 g/mol. The number of nitrogens with two attached hydrogens (primary N) is 1. The van der Waals surface area contributed by atoms with Crippen LogP contribution in [0, 0.1) is 12.3 Å². The van der Waals surface area contributed by atoms with Gasteiger partial charge in [0, 0.05) is 30.2 Å². The topological polar surface area (TPSA) is 114 Å². The number of carbonyl (C=O) groups excluding carboxylic acids is 3. The predicted molar refractivity (Wildman–Crippen MR) is 135 cm³/mol. The highest BCUT2D eigenvalue weighted by molar-refractivity contribution is 6.31. The van der Waals surface area contributed by atoms with Crippen molar-refractivity contribution in [3.8, 4) is 0 Å². The van der Waals surface area contributed by atoms with Crippen molar-refractivity contribution >= 4 is 29.3 Å². The van der Waals surface area contributed by atoms with Gasteiger partial charge in [0.25, 0.3) is 5.91 Å². The van der Waals surface area contributed by atoms with Gasteiger partial charge in [-0.2, -0.15) is 0 Å². The van der Waals surface area contributed by atoms with E-state index >= 15 is 0 Å². The first-order valence-electron chi connectivity index (χ1n) is 11.8. The molecule has 1 aliphatic heterocycles. The largest absolute Gasteiger partial charge is 0.351 e. The van der Waals surface area contributed by atoms with Crippen LogP contribution in [-0.2, 0) is 27.4 Å². The average Bonchev–Trinajstić information content (AvgIpc) is 2.89. The predicted octanol–water partition coefficient (Wildman–Crippen LogP) is 2.76. The van der Waals surface area contributed by atoms with E-state index in [9.17, 15) is 14.4 Å². The van der Waals surface area contributed by atoms with Crippen molar-refractivity contribution in [3.05, 3.63) is 69.7 Å². The fourth-order valence-electron chi connectivity index (χ4n) is 4.15. The number of nitrogens with one attached hydrogen (secondary N) is 2. The average molecular weight is 501 g/mol. The Balaban J connectivity index is 1.66. The first-order chi connectivity index (χ1) is 16.8. The lowest BCUT2D eigenvalue weighted by atomic mass is 9.78. The normalized spacial score (nSPS) is 14.9. The number of likely N-dealkylation sites (tertiary alicyclic amines) is 1. The van der Waals surface area contributed by atoms with E-state index in [0.717, 1.165) is 23.1 Å². The zero-order valence-corrected chi connectivity index (χ0v) is 21.0. The molecule has 2 aromatic rings. The van der Waals surface area contributed by atoms with Crippen LogP contribution in [-0.4, -0.2) is 48.9 Å². The number of piperidine rings is 1. The Kier molecular flexibility index (Phi) is 9.26. The number of hydroxylamine groups is 1. The highest BCUT2D eigenvalue weighted by Gasteiger charge is 2.43. The van der Waals surface area contributed by atoms with Gasteiger partial charge in [-0.1, -0.05) is 42.8 Å². The van der Waals surface area contributed by atoms with Crippen LogP contribution in [0.15, 0.2) is 42.5 Å². The van der Waals surface area contributed by atoms with E-state index in [1.54, 1.807) is 23.1 Å². The van der Waals surface area contributed by atoms with Gasteiger partial charge in [-0.25, -0.2) is 5.48 Å². The molecule has 0 bridgehead atoms. The molecule has 1 saturated heterocycles. The molecule has 0 aliphatic carbocycles. The molecule has 1 aliphatic rings. The molecular weight excluding hydrogens is 468 g/mol. The van der Waals surface area contributed by atoms with Crippen molar-refractivity contribution in [2.45, 2.75) is 39.7 Å². The molecule has 4 N–H and O–H groups in total. The van der Waals surface area contributed by atoms with Crippen molar-refractivity contribution in [1.29, 1.82) is 0 Å². The summed E-state index contributed by atoms with van der Waals surface area (Å²) >= 11 is 6.21. The summed E-state index contributed by atoms with van der Waals surface area (Å²) in [4.78, 5) is 45.2. The van der Waals surface area contributed by atoms with E-state index < -0.39 is 5.41 Å². The van der Waals surface area contributed by atoms with Gasteiger partial charge in [-0.3, -0.25) is 19.2 Å². The molecule has 0 unspecified atom stereocenters. The van der Waals surface area contributed by atoms with Gasteiger partial charge in [-0.15, -0.1) is 0 Å². The summed E-state index contributed by atoms with van der Waals surface area (Å²) in [7, 11) is 0. The Labute approximate surface area is 211 Å². The highest BCUT2D eigenvalue weighted by atomic mass is 35.5. The zero-order chi connectivity index (χ0) is 25.4. The summed E-state index contributed by atoms with van der Waals surface area (Å²) in [6.07, 6.45) is 1.66. The van der Waals surface area contributed by atoms with Gasteiger partial charge in [0.15, 0.2) is 0 Å². The summed E-state index contributed by atoms with van der Waals surface area (Å²) in [5, 5.41) is 3.64. The van der Waals surface area contributed by atoms with Gasteiger partial charge < -0.3 is 16.0 Å². The summed E-state index contributed by atoms with van der Waals surface area (Å²) in [6, 6.07) is 12.8. The van der Waals surface area contributed by atoms with Crippen LogP contribution in [0.3, 0.4) is 0 Å². The minimum atomic E-state index is -0.906. The van der Waals surface area contributed by atoms with E-state index in [1.807, 2.05) is 38.1 Å². The molecule has 1 heterocycles. The number of hydrogen-bond donors (Lipinski definition) is 3. The molecule has 0 atom stereocenters. The number of amides is 3. The van der Waals surface area contributed by atoms with Gasteiger partial charge in [-0.05, 0) is 61.1 Å². The molecule has 3 rings (SSSR count). The molecule has 1 fully saturated rings. The van der Waals surface area contributed by atoms with Gasteiger partial charge in [0.05, 0.1) is 18.6 Å². The summed E-state index contributed by atoms with van der Waals surface area (Å²) in [6.45, 7) is 4.94. The second-order valence-corrected chi connectivity index (χ2v) is 9.25. The van der Waals surface area contributed by atoms with Crippen molar-refractivity contribution in [3.63, 3.8) is 0 Å². The fraction of sp³-hybridized carbons (Fsp3) is 0.423. The van der Waals surface area contributed by atoms with Crippen LogP contribution in [0.25, 0.3) is 0 Å². The number of carbonyl (C=O) groups is 3. The Morgan fingerprint density at radius 1 is 1.11 bits per heavy atom. The Bertz CT molecular complexity index is 1050. The molecule has 188 valence electrons. The first-order valence-corrected chi connectivity index (χ1v) is 12.2. The molecule has 0 aromatic heterocycles. The first kappa shape index (κ1) is 26.7. The van der Waals surface area contributed by atoms with E-state index in [4.69, 9.17) is 22.2 Å². The summed E-state index contributed by atoms with van der Waals surface area (Å²) < 4.78 is 0. The quantitative estimate of drug-likeness (QED) is 0.458. The fourth-order valence-corrected chi connectivity index (χ4v) is 4.34. The standard InChI is InChI=1S/C26H33ClN4O4/c1-3-19-7-9-20(10-8-19)24(33)30-35-17-26(11-13-31(14-12-26)23(32)15-28)25(34)29-16-21-5-4-6-22(27)18(21)2/h4-10H,3,11-17,28H2,1-2H3,(H,29,34)(H,30,33). The molecule has 2 aromatic carbocycles. The third-order valence-electron chi connectivity index (χ3n) is 6.69. The third-order valence-corrected chi connectivity index (χ3v) is 7.10. The number of halogens is 1. The number of aryl methyl sites for hydroxylation is 1. The molecule has 0 saturated carbocycles. The third kappa shape index (κ3) is 6.60. The van der Waals surface area contributed by atoms with Crippen molar-refractivity contribution in [2.24, 2.45) is 11.1 Å². The number of hydrogen-bond acceptors (Lipinski definition) is 5. The lowest BCUT2D eigenvalue weighted by Crippen LogP contribution is -2.53. The molecule has 0 spiro atoms. The molecule has 35 heavy (non-hydrogen) atoms. The molecule has 0 radical (unpaired) electrons. The van der Waals surface area contributed by atoms with Crippen LogP contribution >= 0.6 is 11.6 Å². The second-order valence-electron chi connectivity index (χ2n) is 8.84. The van der Waals surface area contributed by atoms with E-state index in [2.05, 4.69) is 10.8 Å². The Morgan fingerprint density at radius 3 is 2.43 bits per heavy atom. The summed E-state index contributed by atoms with van der Waals surface area (Å²) in [5.74, 6) is -0.731. The number of benzene rings is 2. The Hall–Kier alpha value is -2.94. The summed E-state index contributed by atoms with van der Waals surface area (Å²) in [5.41, 5.74) is 10.5. The van der Waals surface area contributed by atoms with E-state index in [0.29, 0.717) is 43.1 Å². The Morgan fingerprint density at radius 2 is 1.80 bits per heavy atom.